The molecule has 150 valence electrons. The van der Waals surface area contributed by atoms with Crippen LogP contribution in [0.15, 0.2) is 28.9 Å². The number of hydrogen-bond donors (Lipinski definition) is 1. The Kier molecular flexibility index (Phi) is 5.36. The van der Waals surface area contributed by atoms with E-state index in [9.17, 15) is 19.2 Å². The second kappa shape index (κ2) is 8.09. The lowest BCUT2D eigenvalue weighted by molar-refractivity contribution is -0.111. The van der Waals surface area contributed by atoms with Crippen LogP contribution in [0.25, 0.3) is 6.08 Å². The third-order valence-corrected chi connectivity index (χ3v) is 6.04. The molecule has 1 saturated heterocycles. The van der Waals surface area contributed by atoms with Gasteiger partial charge in [0.1, 0.15) is 29.1 Å². The summed E-state index contributed by atoms with van der Waals surface area (Å²) in [6.45, 7) is 0.159. The largest absolute Gasteiger partial charge is 0.465 e. The molecule has 4 rings (SSSR count). The number of ether oxygens (including phenoxy) is 1. The molecule has 7 nitrogen and oxygen atoms in total. The van der Waals surface area contributed by atoms with Gasteiger partial charge in [-0.3, -0.25) is 4.79 Å². The molecule has 0 saturated carbocycles. The summed E-state index contributed by atoms with van der Waals surface area (Å²) in [5.74, 6) is 0.190. The summed E-state index contributed by atoms with van der Waals surface area (Å²) in [5, 5.41) is 12.8. The van der Waals surface area contributed by atoms with Crippen LogP contribution >= 0.6 is 11.3 Å². The molecule has 3 heterocycles. The number of halogens is 1. The van der Waals surface area contributed by atoms with Crippen molar-refractivity contribution in [2.75, 3.05) is 18.4 Å². The van der Waals surface area contributed by atoms with Gasteiger partial charge in [-0.2, -0.15) is 5.26 Å². The molecule has 2 aromatic heterocycles. The zero-order valence-corrected chi connectivity index (χ0v) is 16.2. The zero-order chi connectivity index (χ0) is 20.4. The van der Waals surface area contributed by atoms with Crippen molar-refractivity contribution in [3.05, 3.63) is 46.2 Å². The molecule has 1 unspecified atom stereocenters. The highest BCUT2D eigenvalue weighted by atomic mass is 32.1. The molecule has 1 fully saturated rings. The molecule has 29 heavy (non-hydrogen) atoms. The van der Waals surface area contributed by atoms with Crippen LogP contribution < -0.4 is 5.32 Å². The standard InChI is InChI=1S/C20H18FN3O4S/c21-12-10-24(11-12)20(26)28-14-3-5-15-16(9-22)19(29-17(15)8-14)23-18(25)6-4-13-2-1-7-27-13/h1-2,4,6-7,12,14H,3,5,8,10-11H2,(H,23,25)/b6-4+. The Labute approximate surface area is 170 Å². The van der Waals surface area contributed by atoms with E-state index < -0.39 is 12.3 Å². The first kappa shape index (κ1) is 19.2. The van der Waals surface area contributed by atoms with E-state index in [4.69, 9.17) is 9.15 Å². The Bertz CT molecular complexity index is 986. The highest BCUT2D eigenvalue weighted by Crippen LogP contribution is 2.38. The molecular formula is C20H18FN3O4S. The molecule has 2 amide bonds. The smallest absolute Gasteiger partial charge is 0.410 e. The van der Waals surface area contributed by atoms with E-state index >= 15 is 0 Å². The highest BCUT2D eigenvalue weighted by Gasteiger charge is 2.34. The molecule has 2 aliphatic rings. The third kappa shape index (κ3) is 4.17. The first-order valence-corrected chi connectivity index (χ1v) is 10.0. The molecule has 1 N–H and O–H groups in total. The van der Waals surface area contributed by atoms with Crippen LogP contribution in [0.4, 0.5) is 14.2 Å². The molecule has 2 aromatic rings. The van der Waals surface area contributed by atoms with Crippen molar-refractivity contribution in [1.29, 1.82) is 5.26 Å². The molecule has 1 aliphatic carbocycles. The molecule has 9 heteroatoms. The van der Waals surface area contributed by atoms with Crippen LogP contribution in [-0.2, 0) is 22.4 Å². The fourth-order valence-electron chi connectivity index (χ4n) is 3.35. The maximum atomic E-state index is 12.9. The second-order valence-corrected chi connectivity index (χ2v) is 8.01. The first-order chi connectivity index (χ1) is 14.0. The molecule has 1 aliphatic heterocycles. The number of hydrogen-bond acceptors (Lipinski definition) is 6. The Morgan fingerprint density at radius 2 is 2.28 bits per heavy atom. The molecular weight excluding hydrogens is 397 g/mol. The van der Waals surface area contributed by atoms with Gasteiger partial charge in [-0.25, -0.2) is 9.18 Å². The van der Waals surface area contributed by atoms with Gasteiger partial charge in [-0.1, -0.05) is 0 Å². The lowest BCUT2D eigenvalue weighted by Gasteiger charge is -2.35. The van der Waals surface area contributed by atoms with E-state index in [1.807, 2.05) is 0 Å². The average molecular weight is 415 g/mol. The van der Waals surface area contributed by atoms with E-state index in [2.05, 4.69) is 11.4 Å². The molecule has 0 radical (unpaired) electrons. The number of nitriles is 1. The summed E-state index contributed by atoms with van der Waals surface area (Å²) < 4.78 is 23.5. The number of fused-ring (bicyclic) bond motifs is 1. The van der Waals surface area contributed by atoms with E-state index in [0.29, 0.717) is 35.6 Å². The summed E-state index contributed by atoms with van der Waals surface area (Å²) in [6.07, 6.45) is 4.26. The fourth-order valence-corrected chi connectivity index (χ4v) is 4.62. The minimum Gasteiger partial charge on any atom is -0.465 e. The summed E-state index contributed by atoms with van der Waals surface area (Å²) in [5.41, 5.74) is 1.35. The number of anilines is 1. The van der Waals surface area contributed by atoms with E-state index in [1.165, 1.54) is 28.6 Å². The van der Waals surface area contributed by atoms with Gasteiger partial charge in [-0.15, -0.1) is 11.3 Å². The SMILES string of the molecule is N#Cc1c(NC(=O)/C=C/c2ccco2)sc2c1CCC(OC(=O)N1CC(F)C1)C2. The van der Waals surface area contributed by atoms with Gasteiger partial charge in [0, 0.05) is 17.4 Å². The number of furan rings is 1. The number of alkyl halides is 1. The van der Waals surface area contributed by atoms with Crippen LogP contribution in [0.5, 0.6) is 0 Å². The Morgan fingerprint density at radius 3 is 2.97 bits per heavy atom. The maximum absolute atomic E-state index is 12.9. The summed E-state index contributed by atoms with van der Waals surface area (Å²) >= 11 is 1.32. The number of carbonyl (C=O) groups is 2. The molecule has 0 spiro atoms. The van der Waals surface area contributed by atoms with Gasteiger partial charge in [0.2, 0.25) is 5.91 Å². The number of carbonyl (C=O) groups excluding carboxylic acids is 2. The van der Waals surface area contributed by atoms with Crippen molar-refractivity contribution in [2.24, 2.45) is 0 Å². The van der Waals surface area contributed by atoms with Crippen LogP contribution in [-0.4, -0.2) is 42.3 Å². The number of rotatable bonds is 4. The lowest BCUT2D eigenvalue weighted by Crippen LogP contribution is -2.52. The van der Waals surface area contributed by atoms with Crippen molar-refractivity contribution < 1.29 is 23.1 Å². The van der Waals surface area contributed by atoms with Crippen LogP contribution in [0.2, 0.25) is 0 Å². The zero-order valence-electron chi connectivity index (χ0n) is 15.4. The Hall–Kier alpha value is -3.12. The van der Waals surface area contributed by atoms with Crippen molar-refractivity contribution >= 4 is 34.4 Å². The number of thiophene rings is 1. The molecule has 0 bridgehead atoms. The van der Waals surface area contributed by atoms with Crippen LogP contribution in [0, 0.1) is 11.3 Å². The second-order valence-electron chi connectivity index (χ2n) is 6.91. The van der Waals surface area contributed by atoms with Gasteiger partial charge < -0.3 is 19.4 Å². The Morgan fingerprint density at radius 1 is 1.45 bits per heavy atom. The Balaban J connectivity index is 1.41. The normalized spacial score (nSPS) is 18.8. The fraction of sp³-hybridized carbons (Fsp3) is 0.350. The summed E-state index contributed by atoms with van der Waals surface area (Å²) in [7, 11) is 0. The van der Waals surface area contributed by atoms with Crippen molar-refractivity contribution in [2.45, 2.75) is 31.5 Å². The predicted octanol–water partition coefficient (Wildman–Crippen LogP) is 3.51. The number of amides is 2. The van der Waals surface area contributed by atoms with Gasteiger partial charge >= 0.3 is 6.09 Å². The van der Waals surface area contributed by atoms with Gasteiger partial charge in [0.15, 0.2) is 0 Å². The van der Waals surface area contributed by atoms with Crippen molar-refractivity contribution in [3.8, 4) is 6.07 Å². The van der Waals surface area contributed by atoms with Crippen LogP contribution in [0.1, 0.15) is 28.2 Å². The molecule has 1 atom stereocenters. The topological polar surface area (TPSA) is 95.6 Å². The molecule has 0 aromatic carbocycles. The van der Waals surface area contributed by atoms with Crippen LogP contribution in [0.3, 0.4) is 0 Å². The van der Waals surface area contributed by atoms with Crippen molar-refractivity contribution in [3.63, 3.8) is 0 Å². The summed E-state index contributed by atoms with van der Waals surface area (Å²) in [4.78, 5) is 26.5. The van der Waals surface area contributed by atoms with E-state index in [-0.39, 0.29) is 25.1 Å². The van der Waals surface area contributed by atoms with E-state index in [1.54, 1.807) is 18.2 Å². The van der Waals surface area contributed by atoms with Gasteiger partial charge in [-0.05, 0) is 36.6 Å². The highest BCUT2D eigenvalue weighted by molar-refractivity contribution is 7.16. The average Bonchev–Trinajstić information content (AvgIpc) is 3.30. The lowest BCUT2D eigenvalue weighted by atomic mass is 9.94. The van der Waals surface area contributed by atoms with Gasteiger partial charge in [0.25, 0.3) is 0 Å². The van der Waals surface area contributed by atoms with Crippen molar-refractivity contribution in [1.82, 2.24) is 4.90 Å². The van der Waals surface area contributed by atoms with Gasteiger partial charge in [0.05, 0.1) is 24.9 Å². The quantitative estimate of drug-likeness (QED) is 0.771. The van der Waals surface area contributed by atoms with E-state index in [0.717, 1.165) is 10.4 Å². The number of likely N-dealkylation sites (tertiary alicyclic amines) is 1. The first-order valence-electron chi connectivity index (χ1n) is 9.20. The summed E-state index contributed by atoms with van der Waals surface area (Å²) in [6, 6.07) is 5.62. The minimum atomic E-state index is -0.969. The predicted molar refractivity (Wildman–Crippen MR) is 104 cm³/mol. The monoisotopic (exact) mass is 415 g/mol. The maximum Gasteiger partial charge on any atom is 0.410 e. The number of nitrogens with one attached hydrogen (secondary N) is 1. The minimum absolute atomic E-state index is 0.0795. The number of nitrogens with zero attached hydrogens (tertiary/aromatic N) is 2. The third-order valence-electron chi connectivity index (χ3n) is 4.87.